The molecule has 0 aromatic heterocycles. The summed E-state index contributed by atoms with van der Waals surface area (Å²) in [4.78, 5) is 4.92. The first-order chi connectivity index (χ1) is 10.2. The zero-order valence-corrected chi connectivity index (χ0v) is 12.6. The normalized spacial score (nSPS) is 28.2. The van der Waals surface area contributed by atoms with Gasteiger partial charge in [-0.05, 0) is 42.5 Å². The van der Waals surface area contributed by atoms with Crippen molar-refractivity contribution in [2.45, 2.75) is 31.6 Å². The molecule has 2 atom stereocenters. The summed E-state index contributed by atoms with van der Waals surface area (Å²) in [5.74, 6) is 0.404. The Hall–Kier alpha value is -1.19. The monoisotopic (exact) mass is 304 g/mol. The molecule has 0 saturated heterocycles. The fourth-order valence-corrected chi connectivity index (χ4v) is 4.14. The molecule has 2 aliphatic heterocycles. The molecule has 2 nitrogen and oxygen atoms in total. The van der Waals surface area contributed by atoms with Crippen molar-refractivity contribution in [2.24, 2.45) is 10.9 Å². The number of aliphatic imine (C=N–C) groups is 1. The molecular weight excluding hydrogens is 287 g/mol. The van der Waals surface area contributed by atoms with E-state index in [0.717, 1.165) is 37.9 Å². The molecule has 110 valence electrons. The summed E-state index contributed by atoms with van der Waals surface area (Å²) in [7, 11) is 0. The Bertz CT molecular complexity index is 650. The van der Waals surface area contributed by atoms with Gasteiger partial charge >= 0.3 is 0 Å². The van der Waals surface area contributed by atoms with Crippen molar-refractivity contribution in [1.29, 1.82) is 0 Å². The van der Waals surface area contributed by atoms with E-state index in [2.05, 4.69) is 5.32 Å². The van der Waals surface area contributed by atoms with Crippen LogP contribution >= 0.6 is 11.6 Å². The molecule has 1 saturated carbocycles. The highest BCUT2D eigenvalue weighted by Crippen LogP contribution is 2.46. The summed E-state index contributed by atoms with van der Waals surface area (Å²) < 4.78 is 13.9. The van der Waals surface area contributed by atoms with E-state index in [-0.39, 0.29) is 16.8 Å². The van der Waals surface area contributed by atoms with Crippen molar-refractivity contribution in [2.75, 3.05) is 13.1 Å². The zero-order valence-electron chi connectivity index (χ0n) is 11.8. The van der Waals surface area contributed by atoms with Crippen LogP contribution in [0.1, 0.15) is 37.2 Å². The molecule has 0 radical (unpaired) electrons. The lowest BCUT2D eigenvalue weighted by Gasteiger charge is -2.35. The molecule has 4 rings (SSSR count). The van der Waals surface area contributed by atoms with Gasteiger partial charge in [0.2, 0.25) is 0 Å². The number of hydrogen-bond acceptors (Lipinski definition) is 2. The maximum absolute atomic E-state index is 13.9. The molecule has 2 heterocycles. The fraction of sp³-hybridized carbons (Fsp3) is 0.471. The largest absolute Gasteiger partial charge is 0.313 e. The number of benzene rings is 1. The molecule has 0 bridgehead atoms. The molecule has 2 unspecified atom stereocenters. The second-order valence-corrected chi connectivity index (χ2v) is 6.56. The van der Waals surface area contributed by atoms with Gasteiger partial charge in [0, 0.05) is 42.8 Å². The zero-order chi connectivity index (χ0) is 14.4. The van der Waals surface area contributed by atoms with E-state index in [4.69, 9.17) is 16.6 Å². The van der Waals surface area contributed by atoms with Gasteiger partial charge in [-0.1, -0.05) is 17.7 Å². The quantitative estimate of drug-likeness (QED) is 0.831. The first-order valence-electron chi connectivity index (χ1n) is 7.69. The van der Waals surface area contributed by atoms with Crippen molar-refractivity contribution in [3.05, 3.63) is 45.9 Å². The van der Waals surface area contributed by atoms with Crippen molar-refractivity contribution in [3.63, 3.8) is 0 Å². The Morgan fingerprint density at radius 2 is 2.19 bits per heavy atom. The highest BCUT2D eigenvalue weighted by atomic mass is 35.5. The van der Waals surface area contributed by atoms with E-state index < -0.39 is 0 Å². The van der Waals surface area contributed by atoms with Crippen LogP contribution in [0.15, 0.2) is 34.5 Å². The molecule has 21 heavy (non-hydrogen) atoms. The van der Waals surface area contributed by atoms with Crippen LogP contribution in [-0.4, -0.2) is 18.8 Å². The Labute approximate surface area is 129 Å². The molecule has 1 aliphatic carbocycles. The minimum absolute atomic E-state index is 0.200. The predicted octanol–water partition coefficient (Wildman–Crippen LogP) is 4.06. The van der Waals surface area contributed by atoms with E-state index in [1.54, 1.807) is 12.1 Å². The van der Waals surface area contributed by atoms with Crippen LogP contribution in [0.2, 0.25) is 5.02 Å². The molecule has 4 heteroatoms. The lowest BCUT2D eigenvalue weighted by atomic mass is 9.75. The third kappa shape index (κ3) is 2.23. The van der Waals surface area contributed by atoms with Gasteiger partial charge in [0.15, 0.2) is 0 Å². The number of rotatable bonds is 1. The lowest BCUT2D eigenvalue weighted by molar-refractivity contribution is 0.519. The smallest absolute Gasteiger partial charge is 0.142 e. The summed E-state index contributed by atoms with van der Waals surface area (Å²) in [6.07, 6.45) is 4.44. The second-order valence-electron chi connectivity index (χ2n) is 6.15. The molecule has 1 fully saturated rings. The van der Waals surface area contributed by atoms with E-state index in [9.17, 15) is 4.39 Å². The van der Waals surface area contributed by atoms with Gasteiger partial charge in [-0.2, -0.15) is 0 Å². The molecule has 1 aromatic rings. The Kier molecular flexibility index (Phi) is 3.35. The minimum Gasteiger partial charge on any atom is -0.313 e. The topological polar surface area (TPSA) is 24.4 Å². The first-order valence-corrected chi connectivity index (χ1v) is 8.07. The van der Waals surface area contributed by atoms with E-state index in [0.29, 0.717) is 5.92 Å². The number of hydrogen-bond donors (Lipinski definition) is 1. The maximum Gasteiger partial charge on any atom is 0.142 e. The summed E-state index contributed by atoms with van der Waals surface area (Å²) >= 11 is 5.85. The SMILES string of the molecule is Fc1cc(C2C3=C(CCNC3)N=C3CCCC32)ccc1Cl. The van der Waals surface area contributed by atoms with E-state index in [1.165, 1.54) is 23.4 Å². The van der Waals surface area contributed by atoms with Crippen molar-refractivity contribution >= 4 is 17.3 Å². The van der Waals surface area contributed by atoms with Gasteiger partial charge in [-0.25, -0.2) is 4.39 Å². The van der Waals surface area contributed by atoms with Crippen molar-refractivity contribution in [1.82, 2.24) is 5.32 Å². The Morgan fingerprint density at radius 1 is 1.29 bits per heavy atom. The van der Waals surface area contributed by atoms with E-state index in [1.807, 2.05) is 6.07 Å². The Morgan fingerprint density at radius 3 is 3.05 bits per heavy atom. The van der Waals surface area contributed by atoms with Crippen LogP contribution in [0.3, 0.4) is 0 Å². The average molecular weight is 305 g/mol. The van der Waals surface area contributed by atoms with Crippen molar-refractivity contribution in [3.8, 4) is 0 Å². The number of nitrogens with one attached hydrogen (secondary N) is 1. The molecule has 0 spiro atoms. The summed E-state index contributed by atoms with van der Waals surface area (Å²) in [6.45, 7) is 1.86. The fourth-order valence-electron chi connectivity index (χ4n) is 4.02. The van der Waals surface area contributed by atoms with Gasteiger partial charge in [0.1, 0.15) is 5.82 Å². The standard InChI is InChI=1S/C17H18ClFN2/c18-13-5-4-10(8-14(13)19)17-11-2-1-3-15(11)21-16-6-7-20-9-12(16)17/h4-5,8,11,17,20H,1-3,6-7,9H2. The molecule has 1 N–H and O–H groups in total. The molecular formula is C17H18ClFN2. The van der Waals surface area contributed by atoms with Gasteiger partial charge in [-0.15, -0.1) is 0 Å². The van der Waals surface area contributed by atoms with E-state index >= 15 is 0 Å². The summed E-state index contributed by atoms with van der Waals surface area (Å²) in [6, 6.07) is 5.28. The van der Waals surface area contributed by atoms with Crippen LogP contribution in [0, 0.1) is 11.7 Å². The van der Waals surface area contributed by atoms with Crippen LogP contribution in [0.5, 0.6) is 0 Å². The highest BCUT2D eigenvalue weighted by molar-refractivity contribution is 6.30. The second kappa shape index (κ2) is 5.22. The molecule has 0 amide bonds. The van der Waals surface area contributed by atoms with Gasteiger partial charge in [-0.3, -0.25) is 4.99 Å². The van der Waals surface area contributed by atoms with Gasteiger partial charge in [0.05, 0.1) is 5.02 Å². The Balaban J connectivity index is 1.82. The number of halogens is 2. The average Bonchev–Trinajstić information content (AvgIpc) is 2.95. The molecule has 1 aromatic carbocycles. The lowest BCUT2D eigenvalue weighted by Crippen LogP contribution is -2.34. The minimum atomic E-state index is -0.317. The first kappa shape index (κ1) is 13.5. The van der Waals surface area contributed by atoms with Gasteiger partial charge < -0.3 is 5.32 Å². The third-order valence-corrected chi connectivity index (χ3v) is 5.27. The van der Waals surface area contributed by atoms with Crippen molar-refractivity contribution < 1.29 is 4.39 Å². The van der Waals surface area contributed by atoms with Crippen LogP contribution in [0.4, 0.5) is 4.39 Å². The van der Waals surface area contributed by atoms with Crippen LogP contribution < -0.4 is 5.32 Å². The predicted molar refractivity (Wildman–Crippen MR) is 83.4 cm³/mol. The van der Waals surface area contributed by atoms with Gasteiger partial charge in [0.25, 0.3) is 0 Å². The number of nitrogens with zero attached hydrogens (tertiary/aromatic N) is 1. The third-order valence-electron chi connectivity index (χ3n) is 4.96. The van der Waals surface area contributed by atoms with Crippen LogP contribution in [-0.2, 0) is 0 Å². The molecule has 3 aliphatic rings. The van der Waals surface area contributed by atoms with Crippen LogP contribution in [0.25, 0.3) is 0 Å². The number of fused-ring (bicyclic) bond motifs is 1. The highest BCUT2D eigenvalue weighted by Gasteiger charge is 2.38. The summed E-state index contributed by atoms with van der Waals surface area (Å²) in [5.41, 5.74) is 4.98. The maximum atomic E-state index is 13.9. The summed E-state index contributed by atoms with van der Waals surface area (Å²) in [5, 5.41) is 3.64.